The number of sulfone groups is 1. The van der Waals surface area contributed by atoms with Crippen LogP contribution in [0.1, 0.15) is 11.1 Å². The monoisotopic (exact) mass is 522 g/mol. The highest BCUT2D eigenvalue weighted by atomic mass is 35.5. The van der Waals surface area contributed by atoms with E-state index < -0.39 is 38.8 Å². The highest BCUT2D eigenvalue weighted by Gasteiger charge is 2.50. The predicted octanol–water partition coefficient (Wildman–Crippen LogP) is 4.86. The molecule has 0 aliphatic carbocycles. The summed E-state index contributed by atoms with van der Waals surface area (Å²) >= 11 is 13.4. The number of hydrogen-bond donors (Lipinski definition) is 0. The molecule has 0 bridgehead atoms. The van der Waals surface area contributed by atoms with Gasteiger partial charge in [-0.1, -0.05) is 53.2 Å². The lowest BCUT2D eigenvalue weighted by Gasteiger charge is -2.26. The topological polar surface area (TPSA) is 66.8 Å². The van der Waals surface area contributed by atoms with Gasteiger partial charge in [-0.05, 0) is 29.8 Å². The van der Waals surface area contributed by atoms with E-state index in [9.17, 15) is 26.4 Å². The number of nitrogens with zero attached hydrogens (tertiary/aromatic N) is 2. The molecule has 2 aromatic carbocycles. The van der Waals surface area contributed by atoms with E-state index in [1.807, 2.05) is 0 Å². The smallest absolute Gasteiger partial charge is 0.314 e. The second-order valence-corrected chi connectivity index (χ2v) is 11.6. The van der Waals surface area contributed by atoms with E-state index in [1.54, 1.807) is 24.3 Å². The van der Waals surface area contributed by atoms with Crippen molar-refractivity contribution in [1.82, 2.24) is 0 Å². The standard InChI is InChI=1S/C20H15Cl2F3N2O3S2/c21-13-4-2-1-3-11(13)7-18(28)26-19-27(16-9-32(29,30)10-17(16)31-19)15-8-12(20(23,24)25)5-6-14(15)22/h1-6,8,16-17H,7,9-10H2/t16-,17+/m1/s1. The van der Waals surface area contributed by atoms with E-state index >= 15 is 0 Å². The maximum Gasteiger partial charge on any atom is 0.416 e. The Morgan fingerprint density at radius 3 is 2.53 bits per heavy atom. The molecule has 2 aliphatic heterocycles. The molecule has 2 aliphatic rings. The van der Waals surface area contributed by atoms with Crippen LogP contribution in [-0.4, -0.2) is 42.3 Å². The fraction of sp³-hybridized carbons (Fsp3) is 0.300. The molecule has 2 aromatic rings. The Labute approximate surface area is 196 Å². The maximum absolute atomic E-state index is 13.3. The Balaban J connectivity index is 1.73. The van der Waals surface area contributed by atoms with Gasteiger partial charge in [-0.25, -0.2) is 8.42 Å². The van der Waals surface area contributed by atoms with Crippen LogP contribution in [0.5, 0.6) is 0 Å². The van der Waals surface area contributed by atoms with Gasteiger partial charge in [0.1, 0.15) is 0 Å². The van der Waals surface area contributed by atoms with Crippen molar-refractivity contribution in [2.24, 2.45) is 4.99 Å². The van der Waals surface area contributed by atoms with Gasteiger partial charge in [0, 0.05) is 10.3 Å². The molecule has 5 nitrogen and oxygen atoms in total. The molecule has 1 amide bonds. The van der Waals surface area contributed by atoms with Gasteiger partial charge in [-0.2, -0.15) is 18.2 Å². The number of fused-ring (bicyclic) bond motifs is 1. The molecule has 0 N–H and O–H groups in total. The fourth-order valence-corrected chi connectivity index (χ4v) is 8.01. The highest BCUT2D eigenvalue weighted by molar-refractivity contribution is 8.16. The molecule has 0 spiro atoms. The summed E-state index contributed by atoms with van der Waals surface area (Å²) in [5.74, 6) is -0.987. The molecule has 4 rings (SSSR count). The van der Waals surface area contributed by atoms with E-state index in [4.69, 9.17) is 23.2 Å². The van der Waals surface area contributed by atoms with Crippen LogP contribution in [0.15, 0.2) is 47.5 Å². The Hall–Kier alpha value is -1.75. The Morgan fingerprint density at radius 2 is 1.84 bits per heavy atom. The largest absolute Gasteiger partial charge is 0.416 e. The quantitative estimate of drug-likeness (QED) is 0.576. The van der Waals surface area contributed by atoms with Crippen molar-refractivity contribution in [3.8, 4) is 0 Å². The number of amidine groups is 1. The molecule has 2 fully saturated rings. The number of carbonyl (C=O) groups is 1. The number of halogens is 5. The molecule has 0 unspecified atom stereocenters. The summed E-state index contributed by atoms with van der Waals surface area (Å²) in [5, 5.41) is 0.0290. The van der Waals surface area contributed by atoms with Crippen LogP contribution >= 0.6 is 35.0 Å². The zero-order chi connectivity index (χ0) is 23.3. The average molecular weight is 523 g/mol. The zero-order valence-electron chi connectivity index (χ0n) is 16.1. The van der Waals surface area contributed by atoms with Crippen molar-refractivity contribution < 1.29 is 26.4 Å². The molecule has 0 aromatic heterocycles. The first kappa shape index (κ1) is 23.4. The number of alkyl halides is 3. The van der Waals surface area contributed by atoms with Crippen molar-refractivity contribution in [2.75, 3.05) is 16.4 Å². The molecular formula is C20H15Cl2F3N2O3S2. The lowest BCUT2D eigenvalue weighted by Crippen LogP contribution is -2.38. The second-order valence-electron chi connectivity index (χ2n) is 7.39. The van der Waals surface area contributed by atoms with Gasteiger partial charge in [-0.15, -0.1) is 0 Å². The first-order valence-corrected chi connectivity index (χ1v) is 12.8. The van der Waals surface area contributed by atoms with Crippen LogP contribution in [-0.2, 0) is 27.2 Å². The third kappa shape index (κ3) is 4.78. The first-order chi connectivity index (χ1) is 14.9. The molecule has 32 heavy (non-hydrogen) atoms. The molecule has 170 valence electrons. The second kappa shape index (κ2) is 8.55. The number of benzene rings is 2. The van der Waals surface area contributed by atoms with Crippen LogP contribution in [0.4, 0.5) is 18.9 Å². The molecule has 2 saturated heterocycles. The number of carbonyl (C=O) groups excluding carboxylic acids is 1. The van der Waals surface area contributed by atoms with Crippen molar-refractivity contribution in [3.05, 3.63) is 63.6 Å². The normalized spacial score (nSPS) is 23.5. The van der Waals surface area contributed by atoms with Gasteiger partial charge in [0.2, 0.25) is 0 Å². The summed E-state index contributed by atoms with van der Waals surface area (Å²) in [4.78, 5) is 18.1. The van der Waals surface area contributed by atoms with Crippen molar-refractivity contribution in [3.63, 3.8) is 0 Å². The number of aliphatic imine (C=N–C) groups is 1. The van der Waals surface area contributed by atoms with E-state index in [2.05, 4.69) is 4.99 Å². The molecule has 0 radical (unpaired) electrons. The lowest BCUT2D eigenvalue weighted by molar-refractivity contribution is -0.137. The molecule has 0 saturated carbocycles. The maximum atomic E-state index is 13.3. The molecular weight excluding hydrogens is 508 g/mol. The zero-order valence-corrected chi connectivity index (χ0v) is 19.3. The Morgan fingerprint density at radius 1 is 1.12 bits per heavy atom. The van der Waals surface area contributed by atoms with Crippen LogP contribution in [0.3, 0.4) is 0 Å². The van der Waals surface area contributed by atoms with Gasteiger partial charge in [0.15, 0.2) is 15.0 Å². The summed E-state index contributed by atoms with van der Waals surface area (Å²) in [6.07, 6.45) is -4.73. The molecule has 2 heterocycles. The Kier molecular flexibility index (Phi) is 6.26. The number of anilines is 1. The number of amides is 1. The summed E-state index contributed by atoms with van der Waals surface area (Å²) in [6, 6.07) is 8.85. The Bertz CT molecular complexity index is 1220. The van der Waals surface area contributed by atoms with Gasteiger partial charge in [0.25, 0.3) is 5.91 Å². The minimum atomic E-state index is -4.62. The number of thioether (sulfide) groups is 1. The fourth-order valence-electron chi connectivity index (χ4n) is 3.67. The third-order valence-corrected chi connectivity index (χ3v) is 9.02. The van der Waals surface area contributed by atoms with Gasteiger partial charge in [0.05, 0.1) is 40.2 Å². The summed E-state index contributed by atoms with van der Waals surface area (Å²) < 4.78 is 64.2. The van der Waals surface area contributed by atoms with Gasteiger partial charge >= 0.3 is 6.18 Å². The predicted molar refractivity (Wildman–Crippen MR) is 120 cm³/mol. The molecule has 2 atom stereocenters. The highest BCUT2D eigenvalue weighted by Crippen LogP contribution is 2.44. The summed E-state index contributed by atoms with van der Waals surface area (Å²) in [6.45, 7) is 0. The number of rotatable bonds is 3. The van der Waals surface area contributed by atoms with Gasteiger partial charge in [-0.3, -0.25) is 4.79 Å². The van der Waals surface area contributed by atoms with E-state index in [1.165, 1.54) is 4.90 Å². The third-order valence-electron chi connectivity index (χ3n) is 5.12. The summed E-state index contributed by atoms with van der Waals surface area (Å²) in [5.41, 5.74) is -0.422. The average Bonchev–Trinajstić information content (AvgIpc) is 3.14. The summed E-state index contributed by atoms with van der Waals surface area (Å²) in [7, 11) is -3.39. The minimum Gasteiger partial charge on any atom is -0.314 e. The van der Waals surface area contributed by atoms with Crippen LogP contribution < -0.4 is 4.90 Å². The van der Waals surface area contributed by atoms with Crippen molar-refractivity contribution in [1.29, 1.82) is 0 Å². The van der Waals surface area contributed by atoms with Crippen molar-refractivity contribution in [2.45, 2.75) is 23.9 Å². The van der Waals surface area contributed by atoms with E-state index in [0.717, 1.165) is 30.0 Å². The molecule has 12 heteroatoms. The minimum absolute atomic E-state index is 0.00481. The number of hydrogen-bond acceptors (Lipinski definition) is 4. The SMILES string of the molecule is O=C(Cc1ccccc1Cl)N=C1S[C@H]2CS(=O)(=O)C[C@H]2N1c1cc(C(F)(F)F)ccc1Cl. The lowest BCUT2D eigenvalue weighted by atomic mass is 10.1. The van der Waals surface area contributed by atoms with Crippen LogP contribution in [0.2, 0.25) is 10.0 Å². The van der Waals surface area contributed by atoms with E-state index in [-0.39, 0.29) is 33.8 Å². The van der Waals surface area contributed by atoms with Crippen LogP contribution in [0, 0.1) is 0 Å². The van der Waals surface area contributed by atoms with Gasteiger partial charge < -0.3 is 4.90 Å². The van der Waals surface area contributed by atoms with E-state index in [0.29, 0.717) is 10.6 Å². The van der Waals surface area contributed by atoms with Crippen LogP contribution in [0.25, 0.3) is 0 Å². The van der Waals surface area contributed by atoms with Crippen molar-refractivity contribution >= 4 is 61.6 Å². The first-order valence-electron chi connectivity index (χ1n) is 9.32.